The van der Waals surface area contributed by atoms with Crippen LogP contribution in [-0.4, -0.2) is 77.1 Å². The Morgan fingerprint density at radius 2 is 1.52 bits per heavy atom. The van der Waals surface area contributed by atoms with E-state index in [1.54, 1.807) is 0 Å². The Morgan fingerprint density at radius 3 is 2.00 bits per heavy atom. The molecule has 6 atom stereocenters. The molecule has 42 heavy (non-hydrogen) atoms. The molecule has 0 aromatic carbocycles. The topological polar surface area (TPSA) is 180 Å². The highest BCUT2D eigenvalue weighted by atomic mass is 16.2. The number of likely N-dealkylation sites (tertiary alicyclic amines) is 1. The highest BCUT2D eigenvalue weighted by Crippen LogP contribution is 2.65. The van der Waals surface area contributed by atoms with Crippen molar-refractivity contribution in [3.05, 3.63) is 0 Å². The van der Waals surface area contributed by atoms with Gasteiger partial charge >= 0.3 is 6.03 Å². The van der Waals surface area contributed by atoms with Gasteiger partial charge in [0, 0.05) is 12.6 Å². The molecule has 236 valence electrons. The average molecular weight is 591 g/mol. The van der Waals surface area contributed by atoms with Crippen molar-refractivity contribution in [2.45, 2.75) is 112 Å². The molecule has 1 heterocycles. The van der Waals surface area contributed by atoms with Crippen molar-refractivity contribution in [1.29, 1.82) is 0 Å². The zero-order chi connectivity index (χ0) is 31.9. The molecular formula is C30H50N6O6. The summed E-state index contributed by atoms with van der Waals surface area (Å²) in [6.45, 7) is 17.1. The highest BCUT2D eigenvalue weighted by Gasteiger charge is 2.70. The molecule has 1 unspecified atom stereocenters. The lowest BCUT2D eigenvalue weighted by atomic mass is 9.85. The summed E-state index contributed by atoms with van der Waals surface area (Å²) in [5.41, 5.74) is 4.35. The van der Waals surface area contributed by atoms with Crippen molar-refractivity contribution in [2.24, 2.45) is 40.2 Å². The number of nitrogens with one attached hydrogen (secondary N) is 4. The molecule has 0 spiro atoms. The van der Waals surface area contributed by atoms with E-state index in [0.717, 1.165) is 12.8 Å². The van der Waals surface area contributed by atoms with Gasteiger partial charge in [0.25, 0.3) is 5.91 Å². The standard InChI is InChI=1S/C30H50N6O6/c1-14(2)20(25(39)32-15(3)4)34-28(42)35-23(29(5,6)7)27(41)36-13-17-19(30(17,8)9)21(36)26(40)33-18(12-16-10-11-16)22(37)24(31)38/h14-21,23H,10-13H2,1-9H3,(H2,31,38)(H,32,39)(H,33,40)(H2,34,35,42)/t17-,18?,19-,20-,21-,23+/m0/s1. The number of hydrogen-bond donors (Lipinski definition) is 5. The predicted octanol–water partition coefficient (Wildman–Crippen LogP) is 1.07. The second kappa shape index (κ2) is 12.2. The summed E-state index contributed by atoms with van der Waals surface area (Å²) in [6, 6.07) is -4.49. The van der Waals surface area contributed by atoms with E-state index >= 15 is 0 Å². The third kappa shape index (κ3) is 7.42. The second-order valence-corrected chi connectivity index (χ2v) is 14.7. The number of Topliss-reactive ketones (excluding diaryl/α,β-unsaturated/α-hetero) is 1. The predicted molar refractivity (Wildman–Crippen MR) is 157 cm³/mol. The number of rotatable bonds is 12. The van der Waals surface area contributed by atoms with Crippen LogP contribution in [0.5, 0.6) is 0 Å². The molecule has 2 saturated carbocycles. The zero-order valence-electron chi connectivity index (χ0n) is 26.5. The number of urea groups is 1. The van der Waals surface area contributed by atoms with Gasteiger partial charge in [0.05, 0.1) is 6.04 Å². The number of amides is 6. The van der Waals surface area contributed by atoms with Crippen LogP contribution in [0, 0.1) is 34.5 Å². The van der Waals surface area contributed by atoms with Gasteiger partial charge in [-0.1, -0.05) is 61.3 Å². The lowest BCUT2D eigenvalue weighted by molar-refractivity contribution is -0.145. The molecule has 6 amide bonds. The van der Waals surface area contributed by atoms with E-state index in [0.29, 0.717) is 13.0 Å². The minimum Gasteiger partial charge on any atom is -0.363 e. The maximum Gasteiger partial charge on any atom is 0.316 e. The first-order valence-electron chi connectivity index (χ1n) is 15.1. The minimum absolute atomic E-state index is 0.0745. The lowest BCUT2D eigenvalue weighted by Crippen LogP contribution is -2.62. The molecule has 1 aliphatic heterocycles. The third-order valence-corrected chi connectivity index (χ3v) is 8.96. The number of primary amides is 1. The van der Waals surface area contributed by atoms with Gasteiger partial charge in [0.15, 0.2) is 0 Å². The minimum atomic E-state index is -1.10. The van der Waals surface area contributed by atoms with E-state index in [1.807, 2.05) is 62.3 Å². The number of ketones is 1. The molecule has 0 radical (unpaired) electrons. The van der Waals surface area contributed by atoms with Crippen molar-refractivity contribution < 1.29 is 28.8 Å². The first-order valence-corrected chi connectivity index (χ1v) is 15.1. The number of nitrogens with zero attached hydrogens (tertiary/aromatic N) is 1. The fourth-order valence-corrected chi connectivity index (χ4v) is 6.20. The van der Waals surface area contributed by atoms with Gasteiger partial charge in [-0.15, -0.1) is 0 Å². The Labute approximate surface area is 249 Å². The molecule has 3 fully saturated rings. The summed E-state index contributed by atoms with van der Waals surface area (Å²) in [4.78, 5) is 79.5. The molecule has 6 N–H and O–H groups in total. The van der Waals surface area contributed by atoms with Crippen LogP contribution >= 0.6 is 0 Å². The van der Waals surface area contributed by atoms with Crippen LogP contribution in [0.25, 0.3) is 0 Å². The summed E-state index contributed by atoms with van der Waals surface area (Å²) in [5, 5.41) is 11.0. The molecule has 1 saturated heterocycles. The number of carbonyl (C=O) groups excluding carboxylic acids is 6. The molecule has 0 bridgehead atoms. The Hall–Kier alpha value is -3.18. The lowest BCUT2D eigenvalue weighted by Gasteiger charge is -2.38. The van der Waals surface area contributed by atoms with E-state index in [4.69, 9.17) is 5.73 Å². The maximum absolute atomic E-state index is 14.1. The van der Waals surface area contributed by atoms with Crippen LogP contribution in [-0.2, 0) is 24.0 Å². The van der Waals surface area contributed by atoms with Crippen LogP contribution in [0.2, 0.25) is 0 Å². The molecule has 0 aromatic rings. The molecular weight excluding hydrogens is 540 g/mol. The van der Waals surface area contributed by atoms with E-state index < -0.39 is 59.1 Å². The van der Waals surface area contributed by atoms with Crippen molar-refractivity contribution in [3.63, 3.8) is 0 Å². The van der Waals surface area contributed by atoms with Crippen molar-refractivity contribution in [1.82, 2.24) is 26.2 Å². The Kier molecular flexibility index (Phi) is 9.68. The maximum atomic E-state index is 14.1. The van der Waals surface area contributed by atoms with Gasteiger partial charge in [-0.25, -0.2) is 4.79 Å². The summed E-state index contributed by atoms with van der Waals surface area (Å²) in [6.07, 6.45) is 2.17. The van der Waals surface area contributed by atoms with Gasteiger partial charge < -0.3 is 31.9 Å². The van der Waals surface area contributed by atoms with Crippen molar-refractivity contribution in [3.8, 4) is 0 Å². The van der Waals surface area contributed by atoms with Gasteiger partial charge in [0.1, 0.15) is 18.1 Å². The molecule has 3 aliphatic rings. The summed E-state index contributed by atoms with van der Waals surface area (Å²) >= 11 is 0. The van der Waals surface area contributed by atoms with Crippen LogP contribution in [0.3, 0.4) is 0 Å². The van der Waals surface area contributed by atoms with Gasteiger partial charge in [-0.2, -0.15) is 0 Å². The molecule has 0 aromatic heterocycles. The number of nitrogens with two attached hydrogens (primary N) is 1. The van der Waals surface area contributed by atoms with E-state index in [1.165, 1.54) is 4.90 Å². The number of carbonyl (C=O) groups is 6. The van der Waals surface area contributed by atoms with Gasteiger partial charge in [-0.3, -0.25) is 24.0 Å². The molecule has 12 heteroatoms. The van der Waals surface area contributed by atoms with Crippen LogP contribution in [0.1, 0.15) is 81.6 Å². The quantitative estimate of drug-likeness (QED) is 0.212. The van der Waals surface area contributed by atoms with Gasteiger partial charge in [0.2, 0.25) is 23.5 Å². The van der Waals surface area contributed by atoms with E-state index in [2.05, 4.69) is 21.3 Å². The van der Waals surface area contributed by atoms with Crippen molar-refractivity contribution >= 4 is 35.4 Å². The molecule has 3 rings (SSSR count). The zero-order valence-corrected chi connectivity index (χ0v) is 26.5. The smallest absolute Gasteiger partial charge is 0.316 e. The number of fused-ring (bicyclic) bond motifs is 1. The van der Waals surface area contributed by atoms with E-state index in [9.17, 15) is 28.8 Å². The number of hydrogen-bond acceptors (Lipinski definition) is 6. The monoisotopic (exact) mass is 590 g/mol. The average Bonchev–Trinajstić information content (AvgIpc) is 3.70. The summed E-state index contributed by atoms with van der Waals surface area (Å²) in [5.74, 6) is -3.20. The first kappa shape index (κ1) is 33.3. The Balaban J connectivity index is 1.81. The van der Waals surface area contributed by atoms with Crippen LogP contribution in [0.4, 0.5) is 4.79 Å². The SMILES string of the molecule is CC(C)NC(=O)[C@@H](NC(=O)N[C@H](C(=O)N1C[C@H]2[C@@H]([C@H]1C(=O)NC(CC1CC1)C(=O)C(N)=O)C2(C)C)C(C)(C)C)C(C)C. The van der Waals surface area contributed by atoms with E-state index in [-0.39, 0.29) is 41.0 Å². The summed E-state index contributed by atoms with van der Waals surface area (Å²) in [7, 11) is 0. The third-order valence-electron chi connectivity index (χ3n) is 8.96. The molecule has 2 aliphatic carbocycles. The Bertz CT molecular complexity index is 1110. The van der Waals surface area contributed by atoms with Crippen LogP contribution in [0.15, 0.2) is 0 Å². The molecule has 12 nitrogen and oxygen atoms in total. The van der Waals surface area contributed by atoms with Gasteiger partial charge in [-0.05, 0) is 54.8 Å². The largest absolute Gasteiger partial charge is 0.363 e. The normalized spacial score (nSPS) is 24.7. The van der Waals surface area contributed by atoms with Crippen molar-refractivity contribution in [2.75, 3.05) is 6.54 Å². The fourth-order valence-electron chi connectivity index (χ4n) is 6.20. The summed E-state index contributed by atoms with van der Waals surface area (Å²) < 4.78 is 0. The number of piperidine rings is 1. The first-order chi connectivity index (χ1) is 19.3. The Morgan fingerprint density at radius 1 is 0.929 bits per heavy atom. The fraction of sp³-hybridized carbons (Fsp3) is 0.800. The highest BCUT2D eigenvalue weighted by molar-refractivity contribution is 6.37. The second-order valence-electron chi connectivity index (χ2n) is 14.7. The van der Waals surface area contributed by atoms with Crippen LogP contribution < -0.4 is 27.0 Å².